The number of carbonyl (C=O) groups is 1. The number of benzene rings is 2. The van der Waals surface area contributed by atoms with E-state index < -0.39 is 11.7 Å². The molecule has 3 aromatic rings. The number of nitriles is 1. The number of amides is 1. The second-order valence-electron chi connectivity index (χ2n) is 6.05. The van der Waals surface area contributed by atoms with Crippen LogP contribution in [-0.4, -0.2) is 15.9 Å². The minimum Gasteiger partial charge on any atom is -0.398 e. The fourth-order valence-electron chi connectivity index (χ4n) is 2.55. The maximum atomic E-state index is 14.4. The standard InChI is InChI=1S/C20H16FN5OS/c1-11-6-12(2)25-20(24-11)28-18-8-15(17(23)9-16(18)21)19(27)26-14-5-3-4-13(7-14)10-22/h3-9H,23H2,1-2H3,(H,26,27). The first-order valence-corrected chi connectivity index (χ1v) is 9.08. The Morgan fingerprint density at radius 1 is 1.18 bits per heavy atom. The van der Waals surface area contributed by atoms with Gasteiger partial charge in [-0.15, -0.1) is 0 Å². The van der Waals surface area contributed by atoms with Gasteiger partial charge in [-0.2, -0.15) is 5.26 Å². The molecule has 0 bridgehead atoms. The number of nitrogens with zero attached hydrogens (tertiary/aromatic N) is 3. The minimum absolute atomic E-state index is 0.0112. The maximum Gasteiger partial charge on any atom is 0.257 e. The van der Waals surface area contributed by atoms with Crippen molar-refractivity contribution in [3.05, 3.63) is 70.8 Å². The third-order valence-corrected chi connectivity index (χ3v) is 4.66. The van der Waals surface area contributed by atoms with E-state index in [0.29, 0.717) is 16.4 Å². The lowest BCUT2D eigenvalue weighted by Crippen LogP contribution is -2.14. The molecule has 28 heavy (non-hydrogen) atoms. The molecular formula is C20H16FN5OS. The van der Waals surface area contributed by atoms with Gasteiger partial charge in [0.1, 0.15) is 5.82 Å². The van der Waals surface area contributed by atoms with E-state index in [2.05, 4.69) is 15.3 Å². The van der Waals surface area contributed by atoms with Crippen LogP contribution in [0.1, 0.15) is 27.3 Å². The normalized spacial score (nSPS) is 10.4. The molecule has 1 amide bonds. The third kappa shape index (κ3) is 4.45. The van der Waals surface area contributed by atoms with Crippen molar-refractivity contribution in [1.29, 1.82) is 5.26 Å². The van der Waals surface area contributed by atoms with Crippen LogP contribution in [0.4, 0.5) is 15.8 Å². The summed E-state index contributed by atoms with van der Waals surface area (Å²) in [6.45, 7) is 3.65. The van der Waals surface area contributed by atoms with Gasteiger partial charge >= 0.3 is 0 Å². The van der Waals surface area contributed by atoms with E-state index in [0.717, 1.165) is 29.2 Å². The molecule has 0 aliphatic rings. The van der Waals surface area contributed by atoms with E-state index in [1.165, 1.54) is 12.1 Å². The second kappa shape index (κ2) is 8.06. The summed E-state index contributed by atoms with van der Waals surface area (Å²) in [5.74, 6) is -1.07. The number of rotatable bonds is 4. The van der Waals surface area contributed by atoms with Gasteiger partial charge in [0.15, 0.2) is 5.16 Å². The van der Waals surface area contributed by atoms with Crippen molar-refractivity contribution in [3.63, 3.8) is 0 Å². The Balaban J connectivity index is 1.90. The fourth-order valence-corrected chi connectivity index (χ4v) is 3.46. The van der Waals surface area contributed by atoms with Crippen molar-refractivity contribution in [1.82, 2.24) is 9.97 Å². The summed E-state index contributed by atoms with van der Waals surface area (Å²) in [7, 11) is 0. The van der Waals surface area contributed by atoms with Crippen molar-refractivity contribution in [3.8, 4) is 6.07 Å². The molecular weight excluding hydrogens is 377 g/mol. The number of halogens is 1. The molecule has 0 aliphatic heterocycles. The number of hydrogen-bond acceptors (Lipinski definition) is 6. The highest BCUT2D eigenvalue weighted by Gasteiger charge is 2.16. The van der Waals surface area contributed by atoms with Gasteiger partial charge in [0.2, 0.25) is 0 Å². The smallest absolute Gasteiger partial charge is 0.257 e. The zero-order chi connectivity index (χ0) is 20.3. The fraction of sp³-hybridized carbons (Fsp3) is 0.100. The summed E-state index contributed by atoms with van der Waals surface area (Å²) in [6.07, 6.45) is 0. The van der Waals surface area contributed by atoms with Crippen LogP contribution >= 0.6 is 11.8 Å². The van der Waals surface area contributed by atoms with Gasteiger partial charge in [0.25, 0.3) is 5.91 Å². The quantitative estimate of drug-likeness (QED) is 0.511. The molecule has 0 fully saturated rings. The van der Waals surface area contributed by atoms with E-state index in [4.69, 9.17) is 11.0 Å². The largest absolute Gasteiger partial charge is 0.398 e. The van der Waals surface area contributed by atoms with Crippen molar-refractivity contribution in [2.24, 2.45) is 0 Å². The number of nitrogens with one attached hydrogen (secondary N) is 1. The molecule has 0 aliphatic carbocycles. The zero-order valence-corrected chi connectivity index (χ0v) is 16.0. The van der Waals surface area contributed by atoms with Crippen LogP contribution in [-0.2, 0) is 0 Å². The molecule has 140 valence electrons. The predicted molar refractivity (Wildman–Crippen MR) is 106 cm³/mol. The Bertz CT molecular complexity index is 1090. The summed E-state index contributed by atoms with van der Waals surface area (Å²) in [5.41, 5.74) is 8.37. The van der Waals surface area contributed by atoms with Crippen molar-refractivity contribution in [2.45, 2.75) is 23.9 Å². The SMILES string of the molecule is Cc1cc(C)nc(Sc2cc(C(=O)Nc3cccc(C#N)c3)c(N)cc2F)n1. The Kier molecular flexibility index (Phi) is 5.57. The molecule has 0 unspecified atom stereocenters. The van der Waals surface area contributed by atoms with Crippen LogP contribution in [0.25, 0.3) is 0 Å². The van der Waals surface area contributed by atoms with Gasteiger partial charge in [0, 0.05) is 22.8 Å². The molecule has 6 nitrogen and oxygen atoms in total. The van der Waals surface area contributed by atoms with Gasteiger partial charge in [-0.05, 0) is 62.0 Å². The highest BCUT2D eigenvalue weighted by molar-refractivity contribution is 7.99. The summed E-state index contributed by atoms with van der Waals surface area (Å²) >= 11 is 1.02. The summed E-state index contributed by atoms with van der Waals surface area (Å²) < 4.78 is 14.4. The van der Waals surface area contributed by atoms with Crippen LogP contribution in [0.3, 0.4) is 0 Å². The highest BCUT2D eigenvalue weighted by Crippen LogP contribution is 2.31. The molecule has 2 aromatic carbocycles. The first-order chi connectivity index (χ1) is 13.4. The first-order valence-electron chi connectivity index (χ1n) is 8.26. The van der Waals surface area contributed by atoms with Crippen LogP contribution in [0.15, 0.2) is 52.5 Å². The van der Waals surface area contributed by atoms with Gasteiger partial charge < -0.3 is 11.1 Å². The number of hydrogen-bond donors (Lipinski definition) is 2. The van der Waals surface area contributed by atoms with Crippen LogP contribution in [0, 0.1) is 31.0 Å². The summed E-state index contributed by atoms with van der Waals surface area (Å²) in [5, 5.41) is 12.0. The minimum atomic E-state index is -0.562. The maximum absolute atomic E-state index is 14.4. The number of nitrogens with two attached hydrogens (primary N) is 1. The highest BCUT2D eigenvalue weighted by atomic mass is 32.2. The average molecular weight is 393 g/mol. The van der Waals surface area contributed by atoms with Gasteiger partial charge in [-0.3, -0.25) is 4.79 Å². The Morgan fingerprint density at radius 3 is 2.57 bits per heavy atom. The molecule has 0 saturated carbocycles. The Morgan fingerprint density at radius 2 is 1.89 bits per heavy atom. The molecule has 1 aromatic heterocycles. The molecule has 0 atom stereocenters. The van der Waals surface area contributed by atoms with Crippen molar-refractivity contribution >= 4 is 29.0 Å². The van der Waals surface area contributed by atoms with E-state index in [1.54, 1.807) is 18.2 Å². The van der Waals surface area contributed by atoms with Crippen LogP contribution < -0.4 is 11.1 Å². The average Bonchev–Trinajstić information content (AvgIpc) is 2.63. The van der Waals surface area contributed by atoms with Crippen LogP contribution in [0.5, 0.6) is 0 Å². The van der Waals surface area contributed by atoms with Crippen molar-refractivity contribution in [2.75, 3.05) is 11.1 Å². The number of carbonyl (C=O) groups excluding carboxylic acids is 1. The summed E-state index contributed by atoms with van der Waals surface area (Å²) in [4.78, 5) is 21.4. The third-order valence-electron chi connectivity index (χ3n) is 3.76. The van der Waals surface area contributed by atoms with Gasteiger partial charge in [0.05, 0.1) is 22.1 Å². The number of aryl methyl sites for hydroxylation is 2. The van der Waals surface area contributed by atoms with Gasteiger partial charge in [-0.1, -0.05) is 6.07 Å². The van der Waals surface area contributed by atoms with Crippen molar-refractivity contribution < 1.29 is 9.18 Å². The molecule has 0 radical (unpaired) electrons. The Hall–Kier alpha value is -3.44. The number of nitrogen functional groups attached to an aromatic ring is 1. The lowest BCUT2D eigenvalue weighted by Gasteiger charge is -2.11. The van der Waals surface area contributed by atoms with Crippen LogP contribution in [0.2, 0.25) is 0 Å². The topological polar surface area (TPSA) is 105 Å². The molecule has 1 heterocycles. The van der Waals surface area contributed by atoms with E-state index in [-0.39, 0.29) is 16.1 Å². The number of anilines is 2. The molecule has 3 rings (SSSR count). The zero-order valence-electron chi connectivity index (χ0n) is 15.2. The lowest BCUT2D eigenvalue weighted by atomic mass is 10.1. The second-order valence-corrected chi connectivity index (χ2v) is 7.06. The predicted octanol–water partition coefficient (Wildman–Crippen LogP) is 4.09. The monoisotopic (exact) mass is 393 g/mol. The molecule has 0 saturated heterocycles. The molecule has 8 heteroatoms. The van der Waals surface area contributed by atoms with E-state index >= 15 is 0 Å². The summed E-state index contributed by atoms with van der Waals surface area (Å²) in [6, 6.07) is 12.8. The van der Waals surface area contributed by atoms with E-state index in [9.17, 15) is 9.18 Å². The first kappa shape index (κ1) is 19.3. The Labute approximate surface area is 165 Å². The van der Waals surface area contributed by atoms with Gasteiger partial charge in [-0.25, -0.2) is 14.4 Å². The van der Waals surface area contributed by atoms with E-state index in [1.807, 2.05) is 26.0 Å². The molecule has 3 N–H and O–H groups in total. The number of aromatic nitrogens is 2. The lowest BCUT2D eigenvalue weighted by molar-refractivity contribution is 0.102. The molecule has 0 spiro atoms.